The zero-order valence-electron chi connectivity index (χ0n) is 9.47. The normalized spacial score (nSPS) is 11.9. The monoisotopic (exact) mass is 340 g/mol. The van der Waals surface area contributed by atoms with Crippen LogP contribution in [0.5, 0.6) is 0 Å². The molecular weight excluding hydrogens is 323 g/mol. The fourth-order valence-electron chi connectivity index (χ4n) is 0.928. The Bertz CT molecular complexity index is 167. The molecule has 15 heavy (non-hydrogen) atoms. The number of unbranched alkanes of at least 4 members (excludes halogenated alkanes) is 2. The molecule has 0 N–H and O–H groups in total. The van der Waals surface area contributed by atoms with Crippen molar-refractivity contribution in [2.75, 3.05) is 13.2 Å². The first-order valence-corrected chi connectivity index (χ1v) is 7.16. The Balaban J connectivity index is 3.85. The Hall–Kier alpha value is 0.685. The van der Waals surface area contributed by atoms with Crippen LogP contribution in [0.15, 0.2) is 9.37 Å². The summed E-state index contributed by atoms with van der Waals surface area (Å²) in [6.45, 7) is 5.77. The van der Waals surface area contributed by atoms with Gasteiger partial charge in [0.25, 0.3) is 0 Å². The van der Waals surface area contributed by atoms with Gasteiger partial charge in [-0.15, -0.1) is 0 Å². The Kier molecular flexibility index (Phi) is 11.7. The van der Waals surface area contributed by atoms with E-state index < -0.39 is 0 Å². The van der Waals surface area contributed by atoms with Crippen molar-refractivity contribution in [2.24, 2.45) is 0 Å². The third-order valence-corrected chi connectivity index (χ3v) is 3.57. The van der Waals surface area contributed by atoms with E-state index in [4.69, 9.17) is 9.31 Å². The summed E-state index contributed by atoms with van der Waals surface area (Å²) >= 11 is 6.68. The molecule has 0 bridgehead atoms. The minimum absolute atomic E-state index is 0.262. The van der Waals surface area contributed by atoms with E-state index in [1.54, 1.807) is 4.99 Å². The topological polar surface area (TPSA) is 18.5 Å². The molecule has 0 spiro atoms. The summed E-state index contributed by atoms with van der Waals surface area (Å²) in [7, 11) is -0.262. The molecule has 0 aromatic carbocycles. The van der Waals surface area contributed by atoms with E-state index in [9.17, 15) is 0 Å². The van der Waals surface area contributed by atoms with Gasteiger partial charge in [-0.25, -0.2) is 0 Å². The Labute approximate surface area is 110 Å². The Morgan fingerprint density at radius 2 is 1.60 bits per heavy atom. The van der Waals surface area contributed by atoms with Crippen LogP contribution in [0.2, 0.25) is 0 Å². The summed E-state index contributed by atoms with van der Waals surface area (Å²) in [4.78, 5) is 1.79. The van der Waals surface area contributed by atoms with Crippen LogP contribution in [0.4, 0.5) is 0 Å². The molecule has 0 aromatic rings. The van der Waals surface area contributed by atoms with Crippen molar-refractivity contribution in [2.45, 2.75) is 39.5 Å². The smallest absolute Gasteiger partial charge is 0.407 e. The zero-order valence-corrected chi connectivity index (χ0v) is 12.6. The molecule has 2 nitrogen and oxygen atoms in total. The first kappa shape index (κ1) is 15.7. The Morgan fingerprint density at radius 3 is 1.93 bits per heavy atom. The number of hydrogen-bond donors (Lipinski definition) is 0. The molecule has 0 fully saturated rings. The molecule has 88 valence electrons. The van der Waals surface area contributed by atoms with Gasteiger partial charge >= 0.3 is 7.12 Å². The molecule has 5 heteroatoms. The molecule has 0 saturated heterocycles. The van der Waals surface area contributed by atoms with Crippen LogP contribution in [0.25, 0.3) is 0 Å². The van der Waals surface area contributed by atoms with Gasteiger partial charge in [0.15, 0.2) is 0 Å². The molecule has 0 aliphatic heterocycles. The van der Waals surface area contributed by atoms with Crippen LogP contribution in [-0.2, 0) is 9.31 Å². The second kappa shape index (κ2) is 11.2. The lowest BCUT2D eigenvalue weighted by Gasteiger charge is -2.13. The number of halogens is 2. The molecule has 0 rings (SSSR count). The lowest BCUT2D eigenvalue weighted by Crippen LogP contribution is -2.24. The van der Waals surface area contributed by atoms with Crippen LogP contribution < -0.4 is 0 Å². The molecule has 0 amide bonds. The minimum atomic E-state index is -0.262. The Morgan fingerprint density at radius 1 is 1.13 bits per heavy atom. The molecule has 0 unspecified atom stereocenters. The standard InChI is InChI=1S/C10H19BBr2O2/c1-3-5-7-14-11(10(13)9-12)15-8-6-4-2/h9H,3-8H2,1-2H3/b10-9-. The van der Waals surface area contributed by atoms with Crippen LogP contribution in [0.1, 0.15) is 39.5 Å². The van der Waals surface area contributed by atoms with E-state index >= 15 is 0 Å². The summed E-state index contributed by atoms with van der Waals surface area (Å²) in [6.07, 6.45) is 4.40. The molecule has 0 aliphatic carbocycles. The molecule has 0 radical (unpaired) electrons. The van der Waals surface area contributed by atoms with E-state index in [2.05, 4.69) is 45.7 Å². The second-order valence-electron chi connectivity index (χ2n) is 3.27. The van der Waals surface area contributed by atoms with Crippen molar-refractivity contribution in [3.63, 3.8) is 0 Å². The highest BCUT2D eigenvalue weighted by molar-refractivity contribution is 9.14. The van der Waals surface area contributed by atoms with Crippen LogP contribution in [0, 0.1) is 0 Å². The highest BCUT2D eigenvalue weighted by Gasteiger charge is 2.21. The SMILES string of the molecule is CCCCOB(OCCCC)/C(Br)=C/Br. The van der Waals surface area contributed by atoms with Crippen molar-refractivity contribution in [3.05, 3.63) is 9.37 Å². The fraction of sp³-hybridized carbons (Fsp3) is 0.800. The minimum Gasteiger partial charge on any atom is -0.407 e. The van der Waals surface area contributed by atoms with Crippen LogP contribution in [-0.4, -0.2) is 20.3 Å². The zero-order chi connectivity index (χ0) is 11.5. The van der Waals surface area contributed by atoms with Gasteiger partial charge in [0.1, 0.15) is 0 Å². The average Bonchev–Trinajstić information content (AvgIpc) is 2.26. The van der Waals surface area contributed by atoms with Crippen molar-refractivity contribution in [1.29, 1.82) is 0 Å². The molecule has 0 atom stereocenters. The number of rotatable bonds is 9. The predicted molar refractivity (Wildman–Crippen MR) is 73.4 cm³/mol. The largest absolute Gasteiger partial charge is 0.501 e. The van der Waals surface area contributed by atoms with E-state index in [1.165, 1.54) is 0 Å². The van der Waals surface area contributed by atoms with Gasteiger partial charge in [0.05, 0.1) is 0 Å². The molecule has 0 saturated carbocycles. The van der Waals surface area contributed by atoms with Gasteiger partial charge in [0.2, 0.25) is 0 Å². The lowest BCUT2D eigenvalue weighted by atomic mass is 9.90. The van der Waals surface area contributed by atoms with Gasteiger partial charge in [-0.05, 0) is 17.8 Å². The van der Waals surface area contributed by atoms with Gasteiger partial charge in [-0.2, -0.15) is 0 Å². The summed E-state index contributed by atoms with van der Waals surface area (Å²) in [5, 5.41) is 0. The fourth-order valence-corrected chi connectivity index (χ4v) is 1.41. The quantitative estimate of drug-likeness (QED) is 0.460. The summed E-state index contributed by atoms with van der Waals surface area (Å²) in [5.41, 5.74) is 0. The predicted octanol–water partition coefficient (Wildman–Crippen LogP) is 4.28. The number of hydrogen-bond acceptors (Lipinski definition) is 2. The first-order valence-electron chi connectivity index (χ1n) is 5.45. The van der Waals surface area contributed by atoms with Crippen LogP contribution in [0.3, 0.4) is 0 Å². The highest BCUT2D eigenvalue weighted by Crippen LogP contribution is 2.15. The first-order chi connectivity index (χ1) is 7.26. The summed E-state index contributed by atoms with van der Waals surface area (Å²) in [6, 6.07) is 0. The van der Waals surface area contributed by atoms with Gasteiger partial charge < -0.3 is 9.31 Å². The van der Waals surface area contributed by atoms with Gasteiger partial charge in [-0.1, -0.05) is 58.5 Å². The second-order valence-corrected chi connectivity index (χ2v) is 4.65. The third-order valence-electron chi connectivity index (χ3n) is 1.86. The average molecular weight is 342 g/mol. The van der Waals surface area contributed by atoms with Crippen molar-refractivity contribution in [3.8, 4) is 0 Å². The summed E-state index contributed by atoms with van der Waals surface area (Å²) in [5.74, 6) is 0. The third kappa shape index (κ3) is 8.49. The highest BCUT2D eigenvalue weighted by atomic mass is 79.9. The maximum absolute atomic E-state index is 5.61. The lowest BCUT2D eigenvalue weighted by molar-refractivity contribution is 0.200. The van der Waals surface area contributed by atoms with Crippen LogP contribution >= 0.6 is 31.9 Å². The van der Waals surface area contributed by atoms with Crippen molar-refractivity contribution < 1.29 is 9.31 Å². The van der Waals surface area contributed by atoms with E-state index in [1.807, 2.05) is 0 Å². The molecule has 0 aromatic heterocycles. The molecular formula is C10H19BBr2O2. The van der Waals surface area contributed by atoms with E-state index in [0.717, 1.165) is 43.3 Å². The molecule has 0 aliphatic rings. The van der Waals surface area contributed by atoms with E-state index in [0.29, 0.717) is 0 Å². The summed E-state index contributed by atoms with van der Waals surface area (Å²) < 4.78 is 12.1. The van der Waals surface area contributed by atoms with Gasteiger partial charge in [0, 0.05) is 17.6 Å². The maximum atomic E-state index is 5.61. The van der Waals surface area contributed by atoms with E-state index in [-0.39, 0.29) is 7.12 Å². The van der Waals surface area contributed by atoms with Crippen molar-refractivity contribution >= 4 is 39.0 Å². The van der Waals surface area contributed by atoms with Gasteiger partial charge in [-0.3, -0.25) is 0 Å². The maximum Gasteiger partial charge on any atom is 0.501 e. The molecule has 0 heterocycles. The van der Waals surface area contributed by atoms with Crippen molar-refractivity contribution in [1.82, 2.24) is 0 Å².